The van der Waals surface area contributed by atoms with Gasteiger partial charge in [-0.1, -0.05) is 18.2 Å². The third-order valence-corrected chi connectivity index (χ3v) is 6.20. The van der Waals surface area contributed by atoms with Crippen molar-refractivity contribution in [2.75, 3.05) is 33.4 Å². The fraction of sp³-hybridized carbons (Fsp3) is 0.435. The molecule has 0 unspecified atom stereocenters. The van der Waals surface area contributed by atoms with Crippen molar-refractivity contribution in [3.05, 3.63) is 59.9 Å². The predicted octanol–water partition coefficient (Wildman–Crippen LogP) is 2.23. The number of ether oxygens (including phenoxy) is 1. The van der Waals surface area contributed by atoms with Crippen LogP contribution in [-0.2, 0) is 22.6 Å². The van der Waals surface area contributed by atoms with E-state index in [2.05, 4.69) is 9.88 Å². The molecule has 1 aromatic carbocycles. The van der Waals surface area contributed by atoms with Crippen molar-refractivity contribution < 1.29 is 19.4 Å². The summed E-state index contributed by atoms with van der Waals surface area (Å²) in [7, 11) is 1.60. The Labute approximate surface area is 182 Å². The largest absolute Gasteiger partial charge is 0.508 e. The molecule has 2 saturated heterocycles. The lowest BCUT2D eigenvalue weighted by Gasteiger charge is -2.42. The monoisotopic (exact) mass is 424 g/mol. The molecule has 8 heteroatoms. The first-order chi connectivity index (χ1) is 15.0. The van der Waals surface area contributed by atoms with E-state index < -0.39 is 5.54 Å². The van der Waals surface area contributed by atoms with Crippen LogP contribution >= 0.6 is 0 Å². The normalized spacial score (nSPS) is 18.9. The van der Waals surface area contributed by atoms with Crippen molar-refractivity contribution in [3.8, 4) is 5.75 Å². The molecule has 0 aliphatic carbocycles. The van der Waals surface area contributed by atoms with E-state index in [0.717, 1.165) is 11.1 Å². The highest BCUT2D eigenvalue weighted by Crippen LogP contribution is 2.38. The van der Waals surface area contributed by atoms with Crippen molar-refractivity contribution in [1.82, 2.24) is 19.7 Å². The summed E-state index contributed by atoms with van der Waals surface area (Å²) in [6.45, 7) is 3.08. The maximum Gasteiger partial charge on any atom is 0.328 e. The number of piperidine rings is 1. The first-order valence-electron chi connectivity index (χ1n) is 10.6. The first kappa shape index (κ1) is 21.3. The number of benzene rings is 1. The number of aromatic hydroxyl groups is 1. The fourth-order valence-corrected chi connectivity index (χ4v) is 4.57. The Morgan fingerprint density at radius 3 is 2.55 bits per heavy atom. The van der Waals surface area contributed by atoms with Gasteiger partial charge in [-0.3, -0.25) is 19.6 Å². The lowest BCUT2D eigenvalue weighted by molar-refractivity contribution is -0.136. The maximum absolute atomic E-state index is 13.5. The van der Waals surface area contributed by atoms with E-state index in [-0.39, 0.29) is 24.2 Å². The van der Waals surface area contributed by atoms with Gasteiger partial charge in [-0.15, -0.1) is 0 Å². The Balaban J connectivity index is 1.50. The molecule has 2 fully saturated rings. The van der Waals surface area contributed by atoms with E-state index in [0.29, 0.717) is 45.6 Å². The SMILES string of the molecule is COCCN1C(=O)N(Cc2cccnc2)C(=O)C12CCN(Cc1cccc(O)c1)CC2. The van der Waals surface area contributed by atoms with E-state index in [1.54, 1.807) is 42.6 Å². The summed E-state index contributed by atoms with van der Waals surface area (Å²) in [5.74, 6) is 0.119. The molecule has 0 saturated carbocycles. The van der Waals surface area contributed by atoms with Gasteiger partial charge in [-0.2, -0.15) is 0 Å². The molecule has 164 valence electrons. The number of phenols is 1. The van der Waals surface area contributed by atoms with Crippen molar-refractivity contribution in [2.45, 2.75) is 31.5 Å². The van der Waals surface area contributed by atoms with Crippen molar-refractivity contribution in [1.29, 1.82) is 0 Å². The quantitative estimate of drug-likeness (QED) is 0.686. The van der Waals surface area contributed by atoms with Crippen LogP contribution in [0.4, 0.5) is 4.79 Å². The maximum atomic E-state index is 13.5. The Morgan fingerprint density at radius 2 is 1.87 bits per heavy atom. The van der Waals surface area contributed by atoms with E-state index in [9.17, 15) is 14.7 Å². The molecule has 3 heterocycles. The van der Waals surface area contributed by atoms with Crippen LogP contribution in [0.25, 0.3) is 0 Å². The summed E-state index contributed by atoms with van der Waals surface area (Å²) < 4.78 is 5.22. The van der Waals surface area contributed by atoms with Gasteiger partial charge in [0, 0.05) is 45.7 Å². The molecule has 8 nitrogen and oxygen atoms in total. The minimum absolute atomic E-state index is 0.130. The minimum Gasteiger partial charge on any atom is -0.508 e. The number of urea groups is 1. The summed E-state index contributed by atoms with van der Waals surface area (Å²) in [5.41, 5.74) is 1.03. The Hall–Kier alpha value is -2.97. The third-order valence-electron chi connectivity index (χ3n) is 6.20. The lowest BCUT2D eigenvalue weighted by atomic mass is 9.85. The van der Waals surface area contributed by atoms with Gasteiger partial charge in [-0.25, -0.2) is 4.79 Å². The molecule has 0 atom stereocenters. The molecule has 2 aliphatic heterocycles. The highest BCUT2D eigenvalue weighted by molar-refractivity contribution is 6.07. The lowest BCUT2D eigenvalue weighted by Crippen LogP contribution is -2.57. The van der Waals surface area contributed by atoms with Crippen LogP contribution in [0.3, 0.4) is 0 Å². The van der Waals surface area contributed by atoms with Gasteiger partial charge in [-0.05, 0) is 42.2 Å². The number of rotatable bonds is 7. The Morgan fingerprint density at radius 1 is 1.10 bits per heavy atom. The van der Waals surface area contributed by atoms with Crippen LogP contribution in [0.1, 0.15) is 24.0 Å². The van der Waals surface area contributed by atoms with E-state index in [4.69, 9.17) is 4.74 Å². The molecule has 0 radical (unpaired) electrons. The summed E-state index contributed by atoms with van der Waals surface area (Å²) in [4.78, 5) is 36.2. The number of pyridine rings is 1. The van der Waals surface area contributed by atoms with Crippen molar-refractivity contribution >= 4 is 11.9 Å². The minimum atomic E-state index is -0.826. The summed E-state index contributed by atoms with van der Waals surface area (Å²) >= 11 is 0. The number of carbonyl (C=O) groups excluding carboxylic acids is 2. The number of likely N-dealkylation sites (tertiary alicyclic amines) is 1. The first-order valence-corrected chi connectivity index (χ1v) is 10.6. The number of phenolic OH excluding ortho intramolecular Hbond substituents is 1. The second kappa shape index (κ2) is 9.03. The fourth-order valence-electron chi connectivity index (χ4n) is 4.57. The van der Waals surface area contributed by atoms with Crippen molar-refractivity contribution in [3.63, 3.8) is 0 Å². The summed E-state index contributed by atoms with van der Waals surface area (Å²) in [6, 6.07) is 10.6. The third kappa shape index (κ3) is 4.26. The smallest absolute Gasteiger partial charge is 0.328 e. The molecule has 4 rings (SSSR count). The van der Waals surface area contributed by atoms with Crippen LogP contribution in [0.15, 0.2) is 48.8 Å². The number of amides is 3. The van der Waals surface area contributed by atoms with Gasteiger partial charge in [0.15, 0.2) is 0 Å². The summed E-state index contributed by atoms with van der Waals surface area (Å²) in [5, 5.41) is 9.71. The predicted molar refractivity (Wildman–Crippen MR) is 114 cm³/mol. The number of imide groups is 1. The molecule has 0 bridgehead atoms. The van der Waals surface area contributed by atoms with Crippen LogP contribution in [0, 0.1) is 0 Å². The van der Waals surface area contributed by atoms with Gasteiger partial charge in [0.2, 0.25) is 0 Å². The Kier molecular flexibility index (Phi) is 6.20. The number of hydrogen-bond donors (Lipinski definition) is 1. The zero-order valence-corrected chi connectivity index (χ0v) is 17.7. The number of methoxy groups -OCH3 is 1. The molecule has 3 amide bonds. The molecule has 1 spiro atoms. The van der Waals surface area contributed by atoms with Gasteiger partial charge < -0.3 is 14.7 Å². The highest BCUT2D eigenvalue weighted by Gasteiger charge is 2.57. The molecular formula is C23H28N4O4. The topological polar surface area (TPSA) is 86.2 Å². The average Bonchev–Trinajstić information content (AvgIpc) is 2.96. The number of nitrogens with zero attached hydrogens (tertiary/aromatic N) is 4. The van der Waals surface area contributed by atoms with E-state index in [1.807, 2.05) is 18.2 Å². The second-order valence-corrected chi connectivity index (χ2v) is 8.16. The molecule has 31 heavy (non-hydrogen) atoms. The summed E-state index contributed by atoms with van der Waals surface area (Å²) in [6.07, 6.45) is 4.50. The van der Waals surface area contributed by atoms with Gasteiger partial charge in [0.25, 0.3) is 5.91 Å². The van der Waals surface area contributed by atoms with Gasteiger partial charge in [0.05, 0.1) is 13.2 Å². The van der Waals surface area contributed by atoms with Crippen molar-refractivity contribution in [2.24, 2.45) is 0 Å². The molecule has 2 aliphatic rings. The molecule has 1 aromatic heterocycles. The average molecular weight is 425 g/mol. The molecule has 1 N–H and O–H groups in total. The van der Waals surface area contributed by atoms with Crippen LogP contribution in [-0.4, -0.2) is 75.6 Å². The Bertz CT molecular complexity index is 928. The highest BCUT2D eigenvalue weighted by atomic mass is 16.5. The molecule has 2 aromatic rings. The number of hydrogen-bond acceptors (Lipinski definition) is 6. The standard InChI is InChI=1S/C23H28N4O4/c1-31-13-12-27-22(30)26(17-19-5-3-9-24-15-19)21(29)23(27)7-10-25(11-8-23)16-18-4-2-6-20(28)14-18/h2-6,9,14-15,28H,7-8,10-13,16-17H2,1H3. The van der Waals surface area contributed by atoms with Crippen LogP contribution in [0.5, 0.6) is 5.75 Å². The van der Waals surface area contributed by atoms with Crippen LogP contribution in [0.2, 0.25) is 0 Å². The van der Waals surface area contributed by atoms with Gasteiger partial charge in [0.1, 0.15) is 11.3 Å². The van der Waals surface area contributed by atoms with Crippen LogP contribution < -0.4 is 0 Å². The van der Waals surface area contributed by atoms with E-state index in [1.165, 1.54) is 4.90 Å². The number of aromatic nitrogens is 1. The number of carbonyl (C=O) groups is 2. The zero-order chi connectivity index (χ0) is 21.8. The van der Waals surface area contributed by atoms with E-state index >= 15 is 0 Å². The zero-order valence-electron chi connectivity index (χ0n) is 17.7. The second-order valence-electron chi connectivity index (χ2n) is 8.16. The molecular weight excluding hydrogens is 396 g/mol. The van der Waals surface area contributed by atoms with Gasteiger partial charge >= 0.3 is 6.03 Å².